The molecule has 1 atom stereocenters. The SMILES string of the molecule is CN1CC(=O)NS1=O. The number of likely N-dealkylation sites (N-methyl/N-ethyl adjacent to an activating group) is 1. The third kappa shape index (κ3) is 0.873. The predicted octanol–water partition coefficient (Wildman–Crippen LogP) is -1.37. The van der Waals surface area contributed by atoms with Crippen LogP contribution < -0.4 is 4.72 Å². The molecule has 8 heavy (non-hydrogen) atoms. The van der Waals surface area contributed by atoms with E-state index in [1.807, 2.05) is 0 Å². The van der Waals surface area contributed by atoms with Crippen LogP contribution in [0.15, 0.2) is 0 Å². The lowest BCUT2D eigenvalue weighted by Crippen LogP contribution is -2.18. The molecule has 5 heteroatoms. The van der Waals surface area contributed by atoms with Crippen LogP contribution in [0.3, 0.4) is 0 Å². The van der Waals surface area contributed by atoms with Gasteiger partial charge in [0.15, 0.2) is 11.2 Å². The number of carbonyl (C=O) groups excluding carboxylic acids is 1. The standard InChI is InChI=1S/C3H6N2O2S/c1-5-2-3(6)4-8(5)7/h2H2,1H3,(H,4,6). The maximum atomic E-state index is 10.5. The monoisotopic (exact) mass is 134 g/mol. The average Bonchev–Trinajstić information content (AvgIpc) is 1.85. The van der Waals surface area contributed by atoms with Gasteiger partial charge in [-0.05, 0) is 0 Å². The van der Waals surface area contributed by atoms with Crippen LogP contribution in [0.25, 0.3) is 0 Å². The Bertz CT molecular complexity index is 146. The van der Waals surface area contributed by atoms with Crippen molar-refractivity contribution in [1.29, 1.82) is 0 Å². The lowest BCUT2D eigenvalue weighted by atomic mass is 10.6. The summed E-state index contributed by atoms with van der Waals surface area (Å²) in [6.07, 6.45) is 0. The normalized spacial score (nSPS) is 30.6. The zero-order chi connectivity index (χ0) is 6.15. The lowest BCUT2D eigenvalue weighted by molar-refractivity contribution is -0.118. The summed E-state index contributed by atoms with van der Waals surface area (Å²) in [6.45, 7) is 0.243. The van der Waals surface area contributed by atoms with Gasteiger partial charge < -0.3 is 0 Å². The first-order chi connectivity index (χ1) is 3.70. The van der Waals surface area contributed by atoms with Gasteiger partial charge in [0.2, 0.25) is 5.91 Å². The number of nitrogens with zero attached hydrogens (tertiary/aromatic N) is 1. The summed E-state index contributed by atoms with van der Waals surface area (Å²) in [7, 11) is 1.62. The number of hydrogen-bond donors (Lipinski definition) is 1. The van der Waals surface area contributed by atoms with Gasteiger partial charge in [0.25, 0.3) is 0 Å². The molecule has 46 valence electrons. The van der Waals surface area contributed by atoms with Crippen LogP contribution in [-0.2, 0) is 16.0 Å². The van der Waals surface area contributed by atoms with Gasteiger partial charge in [-0.3, -0.25) is 9.52 Å². The summed E-state index contributed by atoms with van der Waals surface area (Å²) in [5, 5.41) is 0. The second-order valence-corrected chi connectivity index (χ2v) is 2.89. The van der Waals surface area contributed by atoms with E-state index in [2.05, 4.69) is 4.72 Å². The maximum Gasteiger partial charge on any atom is 0.247 e. The molecule has 0 aliphatic carbocycles. The van der Waals surface area contributed by atoms with E-state index in [1.165, 1.54) is 4.31 Å². The quantitative estimate of drug-likeness (QED) is 0.444. The minimum Gasteiger partial charge on any atom is -0.273 e. The zero-order valence-electron chi connectivity index (χ0n) is 4.38. The molecule has 1 N–H and O–H groups in total. The molecular formula is C3H6N2O2S. The Morgan fingerprint density at radius 2 is 2.50 bits per heavy atom. The van der Waals surface area contributed by atoms with Crippen LogP contribution >= 0.6 is 0 Å². The van der Waals surface area contributed by atoms with Crippen molar-refractivity contribution in [3.63, 3.8) is 0 Å². The number of carbonyl (C=O) groups is 1. The number of rotatable bonds is 0. The highest BCUT2D eigenvalue weighted by molar-refractivity contribution is 7.81. The first kappa shape index (κ1) is 5.71. The fourth-order valence-electron chi connectivity index (χ4n) is 0.468. The van der Waals surface area contributed by atoms with Crippen molar-refractivity contribution in [1.82, 2.24) is 9.03 Å². The van der Waals surface area contributed by atoms with Crippen molar-refractivity contribution in [2.24, 2.45) is 0 Å². The Morgan fingerprint density at radius 1 is 1.88 bits per heavy atom. The summed E-state index contributed by atoms with van der Waals surface area (Å²) >= 11 is -1.26. The van der Waals surface area contributed by atoms with Crippen LogP contribution in [0.1, 0.15) is 0 Å². The fraction of sp³-hybridized carbons (Fsp3) is 0.667. The third-order valence-corrected chi connectivity index (χ3v) is 1.95. The first-order valence-electron chi connectivity index (χ1n) is 2.12. The van der Waals surface area contributed by atoms with Crippen molar-refractivity contribution >= 4 is 17.1 Å². The summed E-state index contributed by atoms with van der Waals surface area (Å²) in [4.78, 5) is 10.3. The molecule has 1 saturated heterocycles. The number of amides is 1. The minimum atomic E-state index is -1.26. The summed E-state index contributed by atoms with van der Waals surface area (Å²) < 4.78 is 14.1. The van der Waals surface area contributed by atoms with Gasteiger partial charge in [-0.1, -0.05) is 0 Å². The molecule has 0 radical (unpaired) electrons. The molecule has 1 heterocycles. The van der Waals surface area contributed by atoms with Crippen LogP contribution in [0.4, 0.5) is 0 Å². The van der Waals surface area contributed by atoms with Gasteiger partial charge in [0.1, 0.15) is 0 Å². The number of hydrogen-bond acceptors (Lipinski definition) is 2. The largest absolute Gasteiger partial charge is 0.273 e. The van der Waals surface area contributed by atoms with Crippen molar-refractivity contribution < 1.29 is 9.00 Å². The third-order valence-electron chi connectivity index (χ3n) is 0.850. The second kappa shape index (κ2) is 1.83. The Balaban J connectivity index is 2.64. The van der Waals surface area contributed by atoms with Crippen LogP contribution in [-0.4, -0.2) is 28.0 Å². The van der Waals surface area contributed by atoms with Gasteiger partial charge in [-0.15, -0.1) is 0 Å². The highest BCUT2D eigenvalue weighted by Gasteiger charge is 2.21. The number of nitrogens with one attached hydrogen (secondary N) is 1. The Hall–Kier alpha value is -0.420. The van der Waals surface area contributed by atoms with E-state index in [9.17, 15) is 9.00 Å². The highest BCUT2D eigenvalue weighted by Crippen LogP contribution is 1.93. The van der Waals surface area contributed by atoms with Crippen molar-refractivity contribution in [2.75, 3.05) is 13.6 Å². The van der Waals surface area contributed by atoms with E-state index in [-0.39, 0.29) is 12.5 Å². The zero-order valence-corrected chi connectivity index (χ0v) is 5.20. The first-order valence-corrected chi connectivity index (χ1v) is 3.23. The van der Waals surface area contributed by atoms with Gasteiger partial charge >= 0.3 is 0 Å². The smallest absolute Gasteiger partial charge is 0.247 e. The molecule has 0 aromatic heterocycles. The Kier molecular flexibility index (Phi) is 1.31. The van der Waals surface area contributed by atoms with Crippen molar-refractivity contribution in [3.05, 3.63) is 0 Å². The molecule has 0 aromatic rings. The van der Waals surface area contributed by atoms with Crippen molar-refractivity contribution in [2.45, 2.75) is 0 Å². The Morgan fingerprint density at radius 3 is 2.62 bits per heavy atom. The van der Waals surface area contributed by atoms with E-state index in [0.29, 0.717) is 0 Å². The maximum absolute atomic E-state index is 10.5. The van der Waals surface area contributed by atoms with Gasteiger partial charge in [-0.25, -0.2) is 8.51 Å². The van der Waals surface area contributed by atoms with E-state index in [1.54, 1.807) is 7.05 Å². The van der Waals surface area contributed by atoms with Gasteiger partial charge in [0.05, 0.1) is 6.54 Å². The molecule has 1 fully saturated rings. The van der Waals surface area contributed by atoms with Gasteiger partial charge in [0, 0.05) is 7.05 Å². The summed E-state index contributed by atoms with van der Waals surface area (Å²) in [6, 6.07) is 0. The predicted molar refractivity (Wildman–Crippen MR) is 28.9 cm³/mol. The average molecular weight is 134 g/mol. The van der Waals surface area contributed by atoms with Crippen molar-refractivity contribution in [3.8, 4) is 0 Å². The molecular weight excluding hydrogens is 128 g/mol. The fourth-order valence-corrected chi connectivity index (χ4v) is 1.12. The van der Waals surface area contributed by atoms with Crippen LogP contribution in [0, 0.1) is 0 Å². The molecule has 1 aliphatic heterocycles. The second-order valence-electron chi connectivity index (χ2n) is 1.56. The molecule has 1 unspecified atom stereocenters. The molecule has 0 spiro atoms. The van der Waals surface area contributed by atoms with E-state index < -0.39 is 11.2 Å². The van der Waals surface area contributed by atoms with E-state index in [4.69, 9.17) is 0 Å². The van der Waals surface area contributed by atoms with Gasteiger partial charge in [-0.2, -0.15) is 0 Å². The van der Waals surface area contributed by atoms with E-state index >= 15 is 0 Å². The summed E-state index contributed by atoms with van der Waals surface area (Å²) in [5.41, 5.74) is 0. The highest BCUT2D eigenvalue weighted by atomic mass is 32.2. The molecule has 0 aromatic carbocycles. The molecule has 1 aliphatic rings. The molecule has 1 amide bonds. The van der Waals surface area contributed by atoms with Crippen LogP contribution in [0.5, 0.6) is 0 Å². The molecule has 0 saturated carbocycles. The summed E-state index contributed by atoms with van der Waals surface area (Å²) in [5.74, 6) is -0.175. The molecule has 4 nitrogen and oxygen atoms in total. The van der Waals surface area contributed by atoms with E-state index in [0.717, 1.165) is 0 Å². The van der Waals surface area contributed by atoms with Crippen LogP contribution in [0.2, 0.25) is 0 Å². The molecule has 1 rings (SSSR count). The minimum absolute atomic E-state index is 0.175. The topological polar surface area (TPSA) is 49.4 Å². The lowest BCUT2D eigenvalue weighted by Gasteiger charge is -1.97. The molecule has 0 bridgehead atoms. The Labute approximate surface area is 49.6 Å².